The van der Waals surface area contributed by atoms with Gasteiger partial charge in [-0.25, -0.2) is 0 Å². The molecule has 0 atom stereocenters. The van der Waals surface area contributed by atoms with Crippen LogP contribution >= 0.6 is 0 Å². The fourth-order valence-electron chi connectivity index (χ4n) is 3.63. The van der Waals surface area contributed by atoms with E-state index in [0.717, 1.165) is 16.6 Å². The molecule has 0 radical (unpaired) electrons. The topological polar surface area (TPSA) is 38.7 Å². The number of rotatable bonds is 0. The number of benzene rings is 3. The first-order valence-corrected chi connectivity index (χ1v) is 11.0. The third-order valence-corrected chi connectivity index (χ3v) is 5.38. The van der Waals surface area contributed by atoms with E-state index >= 15 is 0 Å². The summed E-state index contributed by atoms with van der Waals surface area (Å²) in [5.74, 6) is 0. The molecule has 3 aromatic carbocycles. The SMILES string of the molecule is Cc1ccc2cccnc2c1.Cc1ccc2ncccc2c1.Cc1cccc2ncccc12. The van der Waals surface area contributed by atoms with Gasteiger partial charge in [0.1, 0.15) is 0 Å². The predicted octanol–water partition coefficient (Wildman–Crippen LogP) is 7.63. The van der Waals surface area contributed by atoms with E-state index in [4.69, 9.17) is 0 Å². The van der Waals surface area contributed by atoms with Crippen molar-refractivity contribution in [1.29, 1.82) is 0 Å². The monoisotopic (exact) mass is 429 g/mol. The molecule has 0 aliphatic carbocycles. The van der Waals surface area contributed by atoms with Crippen LogP contribution in [0, 0.1) is 20.8 Å². The molecule has 6 rings (SSSR count). The van der Waals surface area contributed by atoms with Gasteiger partial charge in [-0.1, -0.05) is 54.1 Å². The Bertz CT molecular complexity index is 1410. The summed E-state index contributed by atoms with van der Waals surface area (Å²) >= 11 is 0. The highest BCUT2D eigenvalue weighted by Crippen LogP contribution is 2.14. The predicted molar refractivity (Wildman–Crippen MR) is 139 cm³/mol. The van der Waals surface area contributed by atoms with E-state index < -0.39 is 0 Å². The fraction of sp³-hybridized carbons (Fsp3) is 0.100. The highest BCUT2D eigenvalue weighted by Gasteiger charge is 1.94. The number of aryl methyl sites for hydroxylation is 3. The molecule has 0 fully saturated rings. The Morgan fingerprint density at radius 3 is 1.88 bits per heavy atom. The average molecular weight is 430 g/mol. The molecule has 0 N–H and O–H groups in total. The molecule has 0 saturated heterocycles. The smallest absolute Gasteiger partial charge is 0.0704 e. The first-order valence-electron chi connectivity index (χ1n) is 11.0. The Balaban J connectivity index is 0.000000118. The van der Waals surface area contributed by atoms with Crippen molar-refractivity contribution >= 4 is 32.7 Å². The first-order chi connectivity index (χ1) is 16.1. The summed E-state index contributed by atoms with van der Waals surface area (Å²) in [6, 6.07) is 30.8. The maximum Gasteiger partial charge on any atom is 0.0704 e. The maximum atomic E-state index is 4.24. The zero-order valence-corrected chi connectivity index (χ0v) is 19.2. The van der Waals surface area contributed by atoms with Gasteiger partial charge in [0.15, 0.2) is 0 Å². The number of hydrogen-bond acceptors (Lipinski definition) is 3. The molecule has 6 aromatic rings. The zero-order valence-electron chi connectivity index (χ0n) is 19.2. The summed E-state index contributed by atoms with van der Waals surface area (Å²) in [5, 5.41) is 3.67. The number of hydrogen-bond donors (Lipinski definition) is 0. The second-order valence-corrected chi connectivity index (χ2v) is 8.04. The summed E-state index contributed by atoms with van der Waals surface area (Å²) in [6.45, 7) is 6.27. The van der Waals surface area contributed by atoms with Gasteiger partial charge in [-0.15, -0.1) is 0 Å². The molecule has 33 heavy (non-hydrogen) atoms. The largest absolute Gasteiger partial charge is 0.256 e. The van der Waals surface area contributed by atoms with E-state index in [1.54, 1.807) is 0 Å². The van der Waals surface area contributed by atoms with Gasteiger partial charge in [0, 0.05) is 34.7 Å². The van der Waals surface area contributed by atoms with Crippen molar-refractivity contribution in [3.63, 3.8) is 0 Å². The fourth-order valence-corrected chi connectivity index (χ4v) is 3.63. The van der Waals surface area contributed by atoms with Crippen LogP contribution in [-0.2, 0) is 0 Å². The van der Waals surface area contributed by atoms with Crippen LogP contribution in [0.1, 0.15) is 16.7 Å². The molecule has 162 valence electrons. The lowest BCUT2D eigenvalue weighted by molar-refractivity contribution is 1.39. The molecule has 0 aliphatic heterocycles. The Labute approximate surface area is 194 Å². The van der Waals surface area contributed by atoms with Crippen molar-refractivity contribution < 1.29 is 0 Å². The van der Waals surface area contributed by atoms with Crippen molar-refractivity contribution in [2.45, 2.75) is 20.8 Å². The minimum Gasteiger partial charge on any atom is -0.256 e. The van der Waals surface area contributed by atoms with Crippen LogP contribution < -0.4 is 0 Å². The van der Waals surface area contributed by atoms with Crippen molar-refractivity contribution in [2.24, 2.45) is 0 Å². The van der Waals surface area contributed by atoms with Crippen molar-refractivity contribution in [1.82, 2.24) is 15.0 Å². The summed E-state index contributed by atoms with van der Waals surface area (Å²) in [6.07, 6.45) is 5.46. The Morgan fingerprint density at radius 2 is 1.09 bits per heavy atom. The second-order valence-electron chi connectivity index (χ2n) is 8.04. The van der Waals surface area contributed by atoms with Gasteiger partial charge in [-0.3, -0.25) is 15.0 Å². The molecular weight excluding hydrogens is 402 g/mol. The van der Waals surface area contributed by atoms with Crippen LogP contribution in [0.3, 0.4) is 0 Å². The quantitative estimate of drug-likeness (QED) is 0.249. The van der Waals surface area contributed by atoms with Gasteiger partial charge in [0.2, 0.25) is 0 Å². The van der Waals surface area contributed by atoms with Crippen LogP contribution in [0.25, 0.3) is 32.7 Å². The number of fused-ring (bicyclic) bond motifs is 3. The van der Waals surface area contributed by atoms with Crippen LogP contribution in [0.15, 0.2) is 110 Å². The van der Waals surface area contributed by atoms with Gasteiger partial charge in [-0.05, 0) is 74.4 Å². The average Bonchev–Trinajstić information content (AvgIpc) is 2.85. The van der Waals surface area contributed by atoms with Crippen molar-refractivity contribution in [3.8, 4) is 0 Å². The normalized spacial score (nSPS) is 10.3. The summed E-state index contributed by atoms with van der Waals surface area (Å²) in [5.41, 5.74) is 7.05. The van der Waals surface area contributed by atoms with E-state index in [1.807, 2.05) is 55.0 Å². The highest BCUT2D eigenvalue weighted by molar-refractivity contribution is 5.81. The van der Waals surface area contributed by atoms with Crippen LogP contribution in [0.2, 0.25) is 0 Å². The first kappa shape index (κ1) is 22.1. The van der Waals surface area contributed by atoms with Gasteiger partial charge in [0.25, 0.3) is 0 Å². The third-order valence-electron chi connectivity index (χ3n) is 5.38. The summed E-state index contributed by atoms with van der Waals surface area (Å²) in [4.78, 5) is 12.7. The summed E-state index contributed by atoms with van der Waals surface area (Å²) in [7, 11) is 0. The van der Waals surface area contributed by atoms with Crippen LogP contribution in [0.4, 0.5) is 0 Å². The van der Waals surface area contributed by atoms with Crippen molar-refractivity contribution in [2.75, 3.05) is 0 Å². The Morgan fingerprint density at radius 1 is 0.455 bits per heavy atom. The van der Waals surface area contributed by atoms with E-state index in [-0.39, 0.29) is 0 Å². The molecule has 0 amide bonds. The molecular formula is C30H27N3. The van der Waals surface area contributed by atoms with Crippen LogP contribution in [0.5, 0.6) is 0 Å². The second kappa shape index (κ2) is 10.5. The lowest BCUT2D eigenvalue weighted by atomic mass is 10.1. The number of nitrogens with zero attached hydrogens (tertiary/aromatic N) is 3. The maximum absolute atomic E-state index is 4.24. The van der Waals surface area contributed by atoms with E-state index in [0.29, 0.717) is 0 Å². The van der Waals surface area contributed by atoms with Gasteiger partial charge < -0.3 is 0 Å². The third kappa shape index (κ3) is 5.78. The number of pyridine rings is 3. The van der Waals surface area contributed by atoms with E-state index in [1.165, 1.54) is 32.8 Å². The molecule has 0 bridgehead atoms. The molecule has 0 spiro atoms. The van der Waals surface area contributed by atoms with Crippen LogP contribution in [-0.4, -0.2) is 15.0 Å². The molecule has 3 heteroatoms. The molecule has 3 heterocycles. The molecule has 3 nitrogen and oxygen atoms in total. The Hall–Kier alpha value is -4.11. The van der Waals surface area contributed by atoms with Gasteiger partial charge in [0.05, 0.1) is 16.6 Å². The molecule has 0 saturated carbocycles. The molecule has 0 unspecified atom stereocenters. The lowest BCUT2D eigenvalue weighted by Crippen LogP contribution is -1.79. The standard InChI is InChI=1S/3C10H9N/c1-8-4-2-6-10-9(8)5-3-7-11-10;1-8-4-5-10-9(7-8)3-2-6-11-10;1-8-4-5-9-3-2-6-11-10(9)7-8/h3*2-7H,1H3. The van der Waals surface area contributed by atoms with E-state index in [9.17, 15) is 0 Å². The number of aromatic nitrogens is 3. The van der Waals surface area contributed by atoms with Gasteiger partial charge in [-0.2, -0.15) is 0 Å². The minimum absolute atomic E-state index is 1.07. The van der Waals surface area contributed by atoms with E-state index in [2.05, 4.69) is 90.3 Å². The highest BCUT2D eigenvalue weighted by atomic mass is 14.6. The molecule has 0 aliphatic rings. The Kier molecular flexibility index (Phi) is 7.01. The zero-order chi connectivity index (χ0) is 23.0. The van der Waals surface area contributed by atoms with Crippen molar-refractivity contribution in [3.05, 3.63) is 126 Å². The minimum atomic E-state index is 1.07. The lowest BCUT2D eigenvalue weighted by Gasteiger charge is -1.97. The molecule has 3 aromatic heterocycles. The van der Waals surface area contributed by atoms with Gasteiger partial charge >= 0.3 is 0 Å². The summed E-state index contributed by atoms with van der Waals surface area (Å²) < 4.78 is 0.